The molecule has 0 radical (unpaired) electrons. The molecule has 2 N–H and O–H groups in total. The number of carbonyl (C=O) groups is 1. The predicted molar refractivity (Wildman–Crippen MR) is 134 cm³/mol. The summed E-state index contributed by atoms with van der Waals surface area (Å²) in [7, 11) is 2.15. The van der Waals surface area contributed by atoms with Gasteiger partial charge in [-0.15, -0.1) is 0 Å². The van der Waals surface area contributed by atoms with Crippen molar-refractivity contribution >= 4 is 22.4 Å². The van der Waals surface area contributed by atoms with Crippen LogP contribution in [0.5, 0.6) is 0 Å². The zero-order chi connectivity index (χ0) is 22.9. The molecule has 1 aliphatic heterocycles. The Balaban J connectivity index is 1.41. The molecule has 0 bridgehead atoms. The van der Waals surface area contributed by atoms with Gasteiger partial charge in [0.1, 0.15) is 0 Å². The van der Waals surface area contributed by atoms with E-state index in [1.165, 1.54) is 17.0 Å². The maximum atomic E-state index is 13.1. The average Bonchev–Trinajstić information content (AvgIpc) is 3.29. The van der Waals surface area contributed by atoms with E-state index in [-0.39, 0.29) is 5.91 Å². The first-order valence-corrected chi connectivity index (χ1v) is 11.4. The van der Waals surface area contributed by atoms with Gasteiger partial charge in [-0.25, -0.2) is 10.9 Å². The number of hydrogen-bond acceptors (Lipinski definition) is 4. The molecule has 2 heterocycles. The van der Waals surface area contributed by atoms with Gasteiger partial charge in [-0.2, -0.15) is 0 Å². The summed E-state index contributed by atoms with van der Waals surface area (Å²) < 4.78 is 0. The van der Waals surface area contributed by atoms with Gasteiger partial charge >= 0.3 is 0 Å². The van der Waals surface area contributed by atoms with E-state index in [9.17, 15) is 4.79 Å². The van der Waals surface area contributed by atoms with E-state index >= 15 is 0 Å². The zero-order valence-electron chi connectivity index (χ0n) is 19.0. The Labute approximate surface area is 194 Å². The normalized spacial score (nSPS) is 16.3. The van der Waals surface area contributed by atoms with Crippen LogP contribution in [0.1, 0.15) is 40.4 Å². The quantitative estimate of drug-likeness (QED) is 0.261. The number of aromatic nitrogens is 1. The van der Waals surface area contributed by atoms with E-state index in [0.717, 1.165) is 40.4 Å². The third-order valence-electron chi connectivity index (χ3n) is 6.73. The largest absolute Gasteiger partial charge is 0.299 e. The van der Waals surface area contributed by atoms with E-state index in [4.69, 9.17) is 5.84 Å². The van der Waals surface area contributed by atoms with Crippen LogP contribution in [0.2, 0.25) is 0 Å². The number of hydrogen-bond donors (Lipinski definition) is 1. The minimum Gasteiger partial charge on any atom is -0.299 e. The molecular formula is C28H28N4O. The zero-order valence-corrected chi connectivity index (χ0v) is 19.0. The molecule has 5 heteroatoms. The summed E-state index contributed by atoms with van der Waals surface area (Å²) in [4.78, 5) is 19.7. The SMILES string of the molecule is Cc1ccc(N(N)C(=O)c2ccc(C3CCCN3C)cc2)cc1-c1ccc2ccncc2c1. The molecule has 5 nitrogen and oxygen atoms in total. The third kappa shape index (κ3) is 4.13. The number of aryl methyl sites for hydroxylation is 1. The number of nitrogens with two attached hydrogens (primary N) is 1. The number of likely N-dealkylation sites (tertiary alicyclic amines) is 1. The number of rotatable bonds is 4. The van der Waals surface area contributed by atoms with Crippen LogP contribution in [0.4, 0.5) is 5.69 Å². The van der Waals surface area contributed by atoms with Gasteiger partial charge < -0.3 is 0 Å². The first-order valence-electron chi connectivity index (χ1n) is 11.4. The Morgan fingerprint density at radius 2 is 1.85 bits per heavy atom. The number of amides is 1. The van der Waals surface area contributed by atoms with Crippen molar-refractivity contribution in [3.05, 3.63) is 95.8 Å². The monoisotopic (exact) mass is 436 g/mol. The highest BCUT2D eigenvalue weighted by Gasteiger charge is 2.23. The Bertz CT molecular complexity index is 1320. The van der Waals surface area contributed by atoms with Gasteiger partial charge in [0.05, 0.1) is 5.69 Å². The van der Waals surface area contributed by atoms with Gasteiger partial charge in [-0.05, 0) is 97.4 Å². The molecular weight excluding hydrogens is 408 g/mol. The summed E-state index contributed by atoms with van der Waals surface area (Å²) in [5.41, 5.74) is 5.72. The smallest absolute Gasteiger partial charge is 0.272 e. The molecule has 1 aliphatic rings. The van der Waals surface area contributed by atoms with Crippen LogP contribution in [0.25, 0.3) is 21.9 Å². The number of pyridine rings is 1. The molecule has 1 amide bonds. The van der Waals surface area contributed by atoms with Gasteiger partial charge in [-0.1, -0.05) is 30.3 Å². The van der Waals surface area contributed by atoms with Crippen LogP contribution in [0.3, 0.4) is 0 Å². The topological polar surface area (TPSA) is 62.5 Å². The summed E-state index contributed by atoms with van der Waals surface area (Å²) in [6.07, 6.45) is 6.03. The molecule has 4 aromatic rings. The van der Waals surface area contributed by atoms with Gasteiger partial charge in [-0.3, -0.25) is 14.7 Å². The summed E-state index contributed by atoms with van der Waals surface area (Å²) in [5.74, 6) is 6.08. The van der Waals surface area contributed by atoms with Crippen LogP contribution in [0, 0.1) is 6.92 Å². The highest BCUT2D eigenvalue weighted by molar-refractivity contribution is 6.05. The summed E-state index contributed by atoms with van der Waals surface area (Å²) >= 11 is 0. The van der Waals surface area contributed by atoms with Crippen LogP contribution >= 0.6 is 0 Å². The molecule has 1 unspecified atom stereocenters. The van der Waals surface area contributed by atoms with E-state index in [1.54, 1.807) is 6.20 Å². The molecule has 5 rings (SSSR count). The Hall–Kier alpha value is -3.54. The molecule has 1 fully saturated rings. The van der Waals surface area contributed by atoms with E-state index < -0.39 is 0 Å². The molecule has 1 aromatic heterocycles. The number of carbonyl (C=O) groups excluding carboxylic acids is 1. The van der Waals surface area contributed by atoms with Gasteiger partial charge in [0.15, 0.2) is 0 Å². The van der Waals surface area contributed by atoms with E-state index in [1.807, 2.05) is 42.6 Å². The number of hydrazine groups is 1. The summed E-state index contributed by atoms with van der Waals surface area (Å²) in [6.45, 7) is 3.18. The number of benzene rings is 3. The lowest BCUT2D eigenvalue weighted by atomic mass is 9.97. The molecule has 1 atom stereocenters. The standard InChI is InChI=1S/C28H28N4O/c1-19-5-12-25(17-26(19)23-11-6-20-13-14-30-18-24(20)16-23)32(29)28(33)22-9-7-21(8-10-22)27-4-3-15-31(27)2/h5-14,16-18,27H,3-4,15,29H2,1-2H3. The average molecular weight is 437 g/mol. The van der Waals surface area contributed by atoms with Crippen molar-refractivity contribution in [1.29, 1.82) is 0 Å². The van der Waals surface area contributed by atoms with Crippen molar-refractivity contribution in [1.82, 2.24) is 9.88 Å². The highest BCUT2D eigenvalue weighted by Crippen LogP contribution is 2.32. The molecule has 3 aromatic carbocycles. The lowest BCUT2D eigenvalue weighted by Gasteiger charge is -2.21. The fraction of sp³-hybridized carbons (Fsp3) is 0.214. The van der Waals surface area contributed by atoms with Crippen LogP contribution in [-0.2, 0) is 0 Å². The fourth-order valence-corrected chi connectivity index (χ4v) is 4.76. The first-order chi connectivity index (χ1) is 16.0. The molecule has 0 aliphatic carbocycles. The van der Waals surface area contributed by atoms with E-state index in [0.29, 0.717) is 17.3 Å². The molecule has 0 saturated carbocycles. The van der Waals surface area contributed by atoms with Gasteiger partial charge in [0.2, 0.25) is 0 Å². The fourth-order valence-electron chi connectivity index (χ4n) is 4.76. The van der Waals surface area contributed by atoms with Crippen molar-refractivity contribution in [2.75, 3.05) is 18.6 Å². The van der Waals surface area contributed by atoms with Crippen molar-refractivity contribution in [3.8, 4) is 11.1 Å². The highest BCUT2D eigenvalue weighted by atomic mass is 16.2. The maximum absolute atomic E-state index is 13.1. The second-order valence-electron chi connectivity index (χ2n) is 8.87. The Morgan fingerprint density at radius 1 is 1.03 bits per heavy atom. The number of nitrogens with zero attached hydrogens (tertiary/aromatic N) is 3. The Kier molecular flexibility index (Phi) is 5.67. The third-order valence-corrected chi connectivity index (χ3v) is 6.73. The van der Waals surface area contributed by atoms with Crippen molar-refractivity contribution in [2.45, 2.75) is 25.8 Å². The van der Waals surface area contributed by atoms with Crippen molar-refractivity contribution in [3.63, 3.8) is 0 Å². The lowest BCUT2D eigenvalue weighted by molar-refractivity contribution is 0.0987. The molecule has 33 heavy (non-hydrogen) atoms. The molecule has 166 valence electrons. The predicted octanol–water partition coefficient (Wildman–Crippen LogP) is 5.50. The van der Waals surface area contributed by atoms with Gasteiger partial charge in [0.25, 0.3) is 5.91 Å². The number of anilines is 1. The summed E-state index contributed by atoms with van der Waals surface area (Å²) in [5, 5.41) is 3.46. The number of fused-ring (bicyclic) bond motifs is 1. The van der Waals surface area contributed by atoms with Crippen LogP contribution in [0.15, 0.2) is 79.1 Å². The first kappa shape index (κ1) is 21.3. The second kappa shape index (κ2) is 8.77. The summed E-state index contributed by atoms with van der Waals surface area (Å²) in [6, 6.07) is 22.5. The lowest BCUT2D eigenvalue weighted by Crippen LogP contribution is -2.37. The van der Waals surface area contributed by atoms with Crippen molar-refractivity contribution < 1.29 is 4.79 Å². The van der Waals surface area contributed by atoms with Crippen LogP contribution < -0.4 is 10.9 Å². The molecule has 0 spiro atoms. The molecule has 1 saturated heterocycles. The van der Waals surface area contributed by atoms with Gasteiger partial charge in [0, 0.05) is 29.4 Å². The Morgan fingerprint density at radius 3 is 2.61 bits per heavy atom. The minimum absolute atomic E-state index is 0.223. The van der Waals surface area contributed by atoms with Crippen LogP contribution in [-0.4, -0.2) is 29.4 Å². The minimum atomic E-state index is -0.223. The van der Waals surface area contributed by atoms with E-state index in [2.05, 4.69) is 54.2 Å². The maximum Gasteiger partial charge on any atom is 0.272 e. The second-order valence-corrected chi connectivity index (χ2v) is 8.87. The van der Waals surface area contributed by atoms with Crippen molar-refractivity contribution in [2.24, 2.45) is 5.84 Å².